The van der Waals surface area contributed by atoms with E-state index < -0.39 is 17.8 Å². The number of hydrogen-bond acceptors (Lipinski definition) is 6. The molecule has 2 atom stereocenters. The van der Waals surface area contributed by atoms with Crippen molar-refractivity contribution in [3.05, 3.63) is 70.3 Å². The second-order valence-electron chi connectivity index (χ2n) is 7.98. The van der Waals surface area contributed by atoms with Gasteiger partial charge in [-0.1, -0.05) is 29.5 Å². The van der Waals surface area contributed by atoms with Gasteiger partial charge in [-0.25, -0.2) is 9.78 Å². The summed E-state index contributed by atoms with van der Waals surface area (Å²) in [6.45, 7) is 0.625. The minimum absolute atomic E-state index is 0.175. The Labute approximate surface area is 197 Å². The zero-order valence-electron chi connectivity index (χ0n) is 18.5. The predicted octanol–water partition coefficient (Wildman–Crippen LogP) is 4.18. The van der Waals surface area contributed by atoms with Crippen molar-refractivity contribution in [2.75, 3.05) is 25.6 Å². The smallest absolute Gasteiger partial charge is 0.384 e. The van der Waals surface area contributed by atoms with Crippen molar-refractivity contribution < 1.29 is 17.9 Å². The number of nitrogens with one attached hydrogen (secondary N) is 2. The number of imidazole rings is 1. The Morgan fingerprint density at radius 3 is 2.65 bits per heavy atom. The molecule has 0 bridgehead atoms. The van der Waals surface area contributed by atoms with E-state index in [1.807, 2.05) is 18.2 Å². The first-order chi connectivity index (χ1) is 16.2. The summed E-state index contributed by atoms with van der Waals surface area (Å²) in [4.78, 5) is 19.9. The summed E-state index contributed by atoms with van der Waals surface area (Å²) in [6.07, 6.45) is -2.64. The third-order valence-electron chi connectivity index (χ3n) is 5.71. The SMILES string of the molecule is COC[C@@H](c1ccc(C(F)(F)F)cc1)[C@@H](N)CNc1ncc(-c2ccc3[nH]c(=O)n(C)c3c2)s1. The fourth-order valence-electron chi connectivity index (χ4n) is 3.78. The molecule has 0 aliphatic carbocycles. The van der Waals surface area contributed by atoms with Crippen LogP contribution in [0.5, 0.6) is 0 Å². The van der Waals surface area contributed by atoms with Gasteiger partial charge in [-0.05, 0) is 35.4 Å². The highest BCUT2D eigenvalue weighted by Crippen LogP contribution is 2.32. The van der Waals surface area contributed by atoms with Crippen LogP contribution >= 0.6 is 11.3 Å². The van der Waals surface area contributed by atoms with Crippen molar-refractivity contribution >= 4 is 27.5 Å². The van der Waals surface area contributed by atoms with Crippen LogP contribution in [0.3, 0.4) is 0 Å². The Kier molecular flexibility index (Phi) is 6.78. The lowest BCUT2D eigenvalue weighted by Crippen LogP contribution is -2.37. The van der Waals surface area contributed by atoms with Crippen LogP contribution in [-0.4, -0.2) is 40.8 Å². The van der Waals surface area contributed by atoms with Gasteiger partial charge < -0.3 is 20.8 Å². The summed E-state index contributed by atoms with van der Waals surface area (Å²) in [5, 5.41) is 3.88. The van der Waals surface area contributed by atoms with Crippen LogP contribution in [0.2, 0.25) is 0 Å². The number of nitrogens with two attached hydrogens (primary N) is 1. The van der Waals surface area contributed by atoms with E-state index in [0.717, 1.165) is 33.6 Å². The van der Waals surface area contributed by atoms with Gasteiger partial charge in [0.15, 0.2) is 5.13 Å². The molecular weight excluding hydrogens is 467 g/mol. The Hall–Kier alpha value is -3.15. The predicted molar refractivity (Wildman–Crippen MR) is 127 cm³/mol. The van der Waals surface area contributed by atoms with Crippen molar-refractivity contribution in [2.45, 2.75) is 18.1 Å². The van der Waals surface area contributed by atoms with Gasteiger partial charge in [-0.15, -0.1) is 0 Å². The Balaban J connectivity index is 1.45. The molecule has 2 heterocycles. The molecule has 180 valence electrons. The number of ether oxygens (including phenoxy) is 1. The molecule has 11 heteroatoms. The van der Waals surface area contributed by atoms with E-state index in [-0.39, 0.29) is 18.2 Å². The molecule has 0 spiro atoms. The highest BCUT2D eigenvalue weighted by molar-refractivity contribution is 7.18. The number of thiazole rings is 1. The van der Waals surface area contributed by atoms with Gasteiger partial charge in [-0.2, -0.15) is 13.2 Å². The summed E-state index contributed by atoms with van der Waals surface area (Å²) in [7, 11) is 3.24. The molecule has 4 aromatic rings. The molecule has 34 heavy (non-hydrogen) atoms. The number of alkyl halides is 3. The monoisotopic (exact) mass is 491 g/mol. The minimum Gasteiger partial charge on any atom is -0.384 e. The van der Waals surface area contributed by atoms with Gasteiger partial charge in [0, 0.05) is 38.9 Å². The summed E-state index contributed by atoms with van der Waals surface area (Å²) in [5.74, 6) is -0.295. The maximum Gasteiger partial charge on any atom is 0.416 e. The van der Waals surface area contributed by atoms with Gasteiger partial charge in [-0.3, -0.25) is 4.57 Å². The molecule has 4 rings (SSSR count). The first-order valence-electron chi connectivity index (χ1n) is 10.5. The molecule has 2 aromatic heterocycles. The number of hydrogen-bond donors (Lipinski definition) is 3. The molecule has 7 nitrogen and oxygen atoms in total. The number of methoxy groups -OCH3 is 1. The van der Waals surface area contributed by atoms with Gasteiger partial charge >= 0.3 is 11.9 Å². The quantitative estimate of drug-likeness (QED) is 0.344. The van der Waals surface area contributed by atoms with Gasteiger partial charge in [0.2, 0.25) is 0 Å². The largest absolute Gasteiger partial charge is 0.416 e. The number of H-pyrrole nitrogens is 1. The van der Waals surface area contributed by atoms with Crippen molar-refractivity contribution in [2.24, 2.45) is 12.8 Å². The van der Waals surface area contributed by atoms with Crippen LogP contribution in [0.15, 0.2) is 53.5 Å². The van der Waals surface area contributed by atoms with Gasteiger partial charge in [0.25, 0.3) is 0 Å². The van der Waals surface area contributed by atoms with Crippen molar-refractivity contribution in [3.8, 4) is 10.4 Å². The second kappa shape index (κ2) is 9.61. The molecule has 0 aliphatic rings. The number of benzene rings is 2. The van der Waals surface area contributed by atoms with Crippen molar-refractivity contribution in [1.29, 1.82) is 0 Å². The summed E-state index contributed by atoms with van der Waals surface area (Å²) in [6, 6.07) is 10.3. The Morgan fingerprint density at radius 1 is 1.24 bits per heavy atom. The zero-order chi connectivity index (χ0) is 24.5. The molecule has 4 N–H and O–H groups in total. The van der Waals surface area contributed by atoms with Crippen LogP contribution in [0.1, 0.15) is 17.0 Å². The van der Waals surface area contributed by atoms with E-state index in [1.54, 1.807) is 17.8 Å². The molecule has 0 amide bonds. The third kappa shape index (κ3) is 5.01. The molecule has 0 aliphatic heterocycles. The molecule has 0 fully saturated rings. The highest BCUT2D eigenvalue weighted by Gasteiger charge is 2.30. The summed E-state index contributed by atoms with van der Waals surface area (Å²) in [5.41, 5.74) is 8.67. The Bertz CT molecular complexity index is 1330. The lowest BCUT2D eigenvalue weighted by Gasteiger charge is -2.24. The topological polar surface area (TPSA) is 98.0 Å². The van der Waals surface area contributed by atoms with Crippen LogP contribution in [0.4, 0.5) is 18.3 Å². The number of halogens is 3. The van der Waals surface area contributed by atoms with Gasteiger partial charge in [0.1, 0.15) is 0 Å². The average Bonchev–Trinajstić information content (AvgIpc) is 3.39. The maximum atomic E-state index is 12.9. The number of aryl methyl sites for hydroxylation is 1. The number of anilines is 1. The van der Waals surface area contributed by atoms with E-state index in [0.29, 0.717) is 17.2 Å². The van der Waals surface area contributed by atoms with Crippen molar-refractivity contribution in [3.63, 3.8) is 0 Å². The zero-order valence-corrected chi connectivity index (χ0v) is 19.3. The fraction of sp³-hybridized carbons (Fsp3) is 0.304. The lowest BCUT2D eigenvalue weighted by atomic mass is 9.92. The summed E-state index contributed by atoms with van der Waals surface area (Å²) >= 11 is 1.44. The Morgan fingerprint density at radius 2 is 1.97 bits per heavy atom. The third-order valence-corrected chi connectivity index (χ3v) is 6.72. The number of aromatic amines is 1. The number of rotatable bonds is 8. The fourth-order valence-corrected chi connectivity index (χ4v) is 4.60. The first-order valence-corrected chi connectivity index (χ1v) is 11.3. The van der Waals surface area contributed by atoms with E-state index in [1.165, 1.54) is 30.6 Å². The summed E-state index contributed by atoms with van der Waals surface area (Å²) < 4.78 is 45.4. The van der Waals surface area contributed by atoms with Gasteiger partial charge in [0.05, 0.1) is 28.1 Å². The normalized spacial score (nSPS) is 13.8. The van der Waals surface area contributed by atoms with E-state index >= 15 is 0 Å². The molecule has 0 radical (unpaired) electrons. The van der Waals surface area contributed by atoms with Crippen LogP contribution < -0.4 is 16.7 Å². The average molecular weight is 492 g/mol. The molecule has 0 saturated carbocycles. The minimum atomic E-state index is -4.39. The van der Waals surface area contributed by atoms with Crippen LogP contribution in [0.25, 0.3) is 21.5 Å². The maximum absolute atomic E-state index is 12.9. The second-order valence-corrected chi connectivity index (χ2v) is 9.01. The number of aromatic nitrogens is 3. The first kappa shape index (κ1) is 24.0. The van der Waals surface area contributed by atoms with Crippen molar-refractivity contribution in [1.82, 2.24) is 14.5 Å². The van der Waals surface area contributed by atoms with E-state index in [4.69, 9.17) is 10.5 Å². The molecular formula is C23H24F3N5O2S. The number of nitrogens with zero attached hydrogens (tertiary/aromatic N) is 2. The van der Waals surface area contributed by atoms with E-state index in [2.05, 4.69) is 15.3 Å². The highest BCUT2D eigenvalue weighted by atomic mass is 32.1. The standard InChI is InChI=1S/C23H24F3N5O2S/c1-31-19-9-14(5-8-18(19)30-22(31)32)20-11-29-21(34-20)28-10-17(27)16(12-33-2)13-3-6-15(7-4-13)23(24,25)26/h3-9,11,16-17H,10,12,27H2,1-2H3,(H,28,29)(H,30,32)/t16-,17-/m0/s1. The molecule has 0 unspecified atom stereocenters. The molecule has 0 saturated heterocycles. The van der Waals surface area contributed by atoms with E-state index in [9.17, 15) is 18.0 Å². The van der Waals surface area contributed by atoms with Crippen LogP contribution in [-0.2, 0) is 18.0 Å². The molecule has 2 aromatic carbocycles. The lowest BCUT2D eigenvalue weighted by molar-refractivity contribution is -0.137. The van der Waals surface area contributed by atoms with Crippen LogP contribution in [0, 0.1) is 0 Å². The number of fused-ring (bicyclic) bond motifs is 1.